The van der Waals surface area contributed by atoms with Gasteiger partial charge in [-0.3, -0.25) is 0 Å². The second-order valence-electron chi connectivity index (χ2n) is 4.73. The monoisotopic (exact) mass is 328 g/mol. The quantitative estimate of drug-likeness (QED) is 0.897. The maximum Gasteiger partial charge on any atom is 0.139 e. The number of aromatic nitrogens is 2. The van der Waals surface area contributed by atoms with E-state index in [9.17, 15) is 4.39 Å². The number of rotatable bonds is 2. The summed E-state index contributed by atoms with van der Waals surface area (Å²) in [6, 6.07) is 3.24. The fraction of sp³-hybridized carbons (Fsp3) is 0.462. The molecule has 0 saturated carbocycles. The molecule has 0 bridgehead atoms. The first kappa shape index (κ1) is 12.5. The Morgan fingerprint density at radius 1 is 1.39 bits per heavy atom. The van der Waals surface area contributed by atoms with Crippen molar-refractivity contribution in [3.63, 3.8) is 0 Å². The Balaban J connectivity index is 1.84. The van der Waals surface area contributed by atoms with Gasteiger partial charge in [-0.25, -0.2) is 9.37 Å². The molecule has 0 atom stereocenters. The van der Waals surface area contributed by atoms with Gasteiger partial charge in [0.25, 0.3) is 0 Å². The number of nitrogens with zero attached hydrogens (tertiary/aromatic N) is 1. The summed E-state index contributed by atoms with van der Waals surface area (Å²) in [7, 11) is 0. The zero-order valence-electron chi connectivity index (χ0n) is 9.88. The van der Waals surface area contributed by atoms with Crippen LogP contribution in [0.4, 0.5) is 4.39 Å². The number of nitrogens with one attached hydrogen (secondary N) is 1. The Morgan fingerprint density at radius 2 is 2.17 bits per heavy atom. The fourth-order valence-corrected chi connectivity index (χ4v) is 3.91. The lowest BCUT2D eigenvalue weighted by Crippen LogP contribution is -2.12. The number of fused-ring (bicyclic) bond motifs is 1. The van der Waals surface area contributed by atoms with Crippen LogP contribution in [-0.2, 0) is 6.42 Å². The Bertz CT molecular complexity index is 524. The molecular weight excluding hydrogens is 315 g/mol. The lowest BCUT2D eigenvalue weighted by atomic mass is 9.99. The summed E-state index contributed by atoms with van der Waals surface area (Å²) in [5.74, 6) is 3.97. The standard InChI is InChI=1S/C13H14BrFN2S/c14-9-6-11-12(7-10(9)15)17-13(16-11)5-8-1-3-18-4-2-8/h6-8H,1-5H2,(H,16,17). The molecule has 0 spiro atoms. The number of benzene rings is 1. The number of hydrogen-bond acceptors (Lipinski definition) is 2. The average molecular weight is 329 g/mol. The molecule has 2 aromatic rings. The van der Waals surface area contributed by atoms with Gasteiger partial charge >= 0.3 is 0 Å². The van der Waals surface area contributed by atoms with Gasteiger partial charge in [0.05, 0.1) is 15.5 Å². The first-order valence-electron chi connectivity index (χ1n) is 6.14. The van der Waals surface area contributed by atoms with Crippen molar-refractivity contribution in [1.82, 2.24) is 9.97 Å². The SMILES string of the molecule is Fc1cc2[nH]c(CC3CCSCC3)nc2cc1Br. The minimum absolute atomic E-state index is 0.244. The fourth-order valence-electron chi connectivity index (χ4n) is 2.38. The Hall–Kier alpha value is -0.550. The van der Waals surface area contributed by atoms with Crippen molar-refractivity contribution in [1.29, 1.82) is 0 Å². The van der Waals surface area contributed by atoms with Gasteiger partial charge in [0.1, 0.15) is 11.6 Å². The van der Waals surface area contributed by atoms with Crippen LogP contribution in [0.2, 0.25) is 0 Å². The van der Waals surface area contributed by atoms with Crippen molar-refractivity contribution >= 4 is 38.7 Å². The van der Waals surface area contributed by atoms with Crippen molar-refractivity contribution < 1.29 is 4.39 Å². The number of thioether (sulfide) groups is 1. The average Bonchev–Trinajstić information content (AvgIpc) is 2.72. The minimum atomic E-state index is -0.244. The van der Waals surface area contributed by atoms with Crippen molar-refractivity contribution in [2.45, 2.75) is 19.3 Å². The summed E-state index contributed by atoms with van der Waals surface area (Å²) >= 11 is 5.22. The molecule has 3 rings (SSSR count). The van der Waals surface area contributed by atoms with E-state index in [4.69, 9.17) is 0 Å². The second-order valence-corrected chi connectivity index (χ2v) is 6.81. The molecule has 18 heavy (non-hydrogen) atoms. The zero-order valence-corrected chi connectivity index (χ0v) is 12.3. The molecule has 1 fully saturated rings. The number of H-pyrrole nitrogens is 1. The molecule has 2 nitrogen and oxygen atoms in total. The first-order valence-corrected chi connectivity index (χ1v) is 8.08. The van der Waals surface area contributed by atoms with Gasteiger partial charge in [-0.05, 0) is 52.3 Å². The van der Waals surface area contributed by atoms with Gasteiger partial charge in [-0.15, -0.1) is 0 Å². The Morgan fingerprint density at radius 3 is 2.94 bits per heavy atom. The van der Waals surface area contributed by atoms with Crippen molar-refractivity contribution in [2.75, 3.05) is 11.5 Å². The van der Waals surface area contributed by atoms with E-state index in [0.717, 1.165) is 29.2 Å². The number of aromatic amines is 1. The Kier molecular flexibility index (Phi) is 3.61. The van der Waals surface area contributed by atoms with E-state index in [-0.39, 0.29) is 5.82 Å². The van der Waals surface area contributed by atoms with Crippen molar-refractivity contribution in [2.24, 2.45) is 5.92 Å². The summed E-state index contributed by atoms with van der Waals surface area (Å²) in [6.07, 6.45) is 3.51. The molecule has 1 saturated heterocycles. The highest BCUT2D eigenvalue weighted by molar-refractivity contribution is 9.10. The molecule has 1 aromatic carbocycles. The molecule has 1 aliphatic heterocycles. The molecular formula is C13H14BrFN2S. The summed E-state index contributed by atoms with van der Waals surface area (Å²) in [5.41, 5.74) is 1.62. The highest BCUT2D eigenvalue weighted by Crippen LogP contribution is 2.27. The van der Waals surface area contributed by atoms with Gasteiger partial charge in [0.15, 0.2) is 0 Å². The zero-order chi connectivity index (χ0) is 12.5. The van der Waals surface area contributed by atoms with E-state index in [1.807, 2.05) is 11.8 Å². The normalized spacial score (nSPS) is 17.4. The number of halogens is 2. The van der Waals surface area contributed by atoms with E-state index in [2.05, 4.69) is 25.9 Å². The van der Waals surface area contributed by atoms with Crippen molar-refractivity contribution in [3.8, 4) is 0 Å². The van der Waals surface area contributed by atoms with Gasteiger partial charge in [-0.2, -0.15) is 11.8 Å². The predicted octanol–water partition coefficient (Wildman–Crippen LogP) is 4.15. The molecule has 0 unspecified atom stereocenters. The summed E-state index contributed by atoms with van der Waals surface area (Å²) < 4.78 is 13.9. The number of imidazole rings is 1. The molecule has 1 aromatic heterocycles. The predicted molar refractivity (Wildman–Crippen MR) is 77.5 cm³/mol. The summed E-state index contributed by atoms with van der Waals surface area (Å²) in [4.78, 5) is 7.78. The van der Waals surface area contributed by atoms with E-state index in [0.29, 0.717) is 4.47 Å². The van der Waals surface area contributed by atoms with Crippen LogP contribution in [0.1, 0.15) is 18.7 Å². The summed E-state index contributed by atoms with van der Waals surface area (Å²) in [5, 5.41) is 0. The van der Waals surface area contributed by atoms with Crippen LogP contribution in [0, 0.1) is 11.7 Å². The number of hydrogen-bond donors (Lipinski definition) is 1. The lowest BCUT2D eigenvalue weighted by molar-refractivity contribution is 0.478. The third kappa shape index (κ3) is 2.57. The smallest absolute Gasteiger partial charge is 0.139 e. The van der Waals surface area contributed by atoms with Gasteiger partial charge in [0, 0.05) is 12.5 Å². The lowest BCUT2D eigenvalue weighted by Gasteiger charge is -2.19. The topological polar surface area (TPSA) is 28.7 Å². The van der Waals surface area contributed by atoms with Crippen LogP contribution in [0.3, 0.4) is 0 Å². The van der Waals surface area contributed by atoms with Gasteiger partial charge < -0.3 is 4.98 Å². The maximum absolute atomic E-state index is 13.4. The molecule has 0 aliphatic carbocycles. The van der Waals surface area contributed by atoms with E-state index in [1.165, 1.54) is 30.4 Å². The summed E-state index contributed by atoms with van der Waals surface area (Å²) in [6.45, 7) is 0. The minimum Gasteiger partial charge on any atom is -0.342 e. The third-order valence-corrected chi connectivity index (χ3v) is 5.05. The van der Waals surface area contributed by atoms with Crippen LogP contribution < -0.4 is 0 Å². The van der Waals surface area contributed by atoms with Crippen molar-refractivity contribution in [3.05, 3.63) is 28.2 Å². The van der Waals surface area contributed by atoms with Crippen LogP contribution in [0.15, 0.2) is 16.6 Å². The van der Waals surface area contributed by atoms with Gasteiger partial charge in [-0.1, -0.05) is 0 Å². The Labute approximate surface area is 118 Å². The molecule has 0 amide bonds. The van der Waals surface area contributed by atoms with Crippen LogP contribution in [0.5, 0.6) is 0 Å². The van der Waals surface area contributed by atoms with Crippen LogP contribution >= 0.6 is 27.7 Å². The maximum atomic E-state index is 13.4. The first-order chi connectivity index (χ1) is 8.72. The van der Waals surface area contributed by atoms with E-state index in [1.54, 1.807) is 6.07 Å². The highest BCUT2D eigenvalue weighted by Gasteiger charge is 2.16. The molecule has 5 heteroatoms. The van der Waals surface area contributed by atoms with Gasteiger partial charge in [0.2, 0.25) is 0 Å². The molecule has 1 aliphatic rings. The van der Waals surface area contributed by atoms with Crippen LogP contribution in [-0.4, -0.2) is 21.5 Å². The second kappa shape index (κ2) is 5.21. The van der Waals surface area contributed by atoms with E-state index >= 15 is 0 Å². The van der Waals surface area contributed by atoms with Crippen LogP contribution in [0.25, 0.3) is 11.0 Å². The molecule has 1 N–H and O–H groups in total. The highest BCUT2D eigenvalue weighted by atomic mass is 79.9. The third-order valence-electron chi connectivity index (χ3n) is 3.40. The van der Waals surface area contributed by atoms with E-state index < -0.39 is 0 Å². The largest absolute Gasteiger partial charge is 0.342 e. The molecule has 0 radical (unpaired) electrons. The molecule has 96 valence electrons. The molecule has 2 heterocycles.